The third-order valence-corrected chi connectivity index (χ3v) is 5.52. The summed E-state index contributed by atoms with van der Waals surface area (Å²) in [6, 6.07) is 8.69. The standard InChI is InChI=1S/C21H32N4O.HI/c1-3-22-20(23-13-7-15-25-14-6-10-19(25)26)24-16-21(11-12-21)18-9-5-4-8-17(18)2;/h4-5,8-9H,3,6-7,10-16H2,1-2H3,(H2,22,23,24);1H. The maximum atomic E-state index is 11.7. The van der Waals surface area contributed by atoms with Crippen LogP contribution in [-0.2, 0) is 10.2 Å². The van der Waals surface area contributed by atoms with Crippen LogP contribution in [0.25, 0.3) is 0 Å². The first-order valence-corrected chi connectivity index (χ1v) is 10.0. The maximum absolute atomic E-state index is 11.7. The van der Waals surface area contributed by atoms with E-state index in [1.165, 1.54) is 24.0 Å². The Labute approximate surface area is 180 Å². The quantitative estimate of drug-likeness (QED) is 0.258. The summed E-state index contributed by atoms with van der Waals surface area (Å²) >= 11 is 0. The molecular weight excluding hydrogens is 451 g/mol. The summed E-state index contributed by atoms with van der Waals surface area (Å²) in [6.45, 7) is 8.58. The Hall–Kier alpha value is -1.31. The molecule has 1 aliphatic carbocycles. The number of carbonyl (C=O) groups excluding carboxylic acids is 1. The average Bonchev–Trinajstić information content (AvgIpc) is 3.32. The Kier molecular flexibility index (Phi) is 8.38. The fraction of sp³-hybridized carbons (Fsp3) is 0.619. The molecular formula is C21H33IN4O. The van der Waals surface area contributed by atoms with Gasteiger partial charge in [0.2, 0.25) is 5.91 Å². The van der Waals surface area contributed by atoms with Crippen molar-refractivity contribution in [3.8, 4) is 0 Å². The first-order chi connectivity index (χ1) is 12.6. The molecule has 0 atom stereocenters. The second kappa shape index (κ2) is 10.3. The van der Waals surface area contributed by atoms with Gasteiger partial charge in [0.25, 0.3) is 0 Å². The van der Waals surface area contributed by atoms with Crippen LogP contribution < -0.4 is 10.6 Å². The van der Waals surface area contributed by atoms with Crippen molar-refractivity contribution in [2.75, 3.05) is 32.7 Å². The van der Waals surface area contributed by atoms with Crippen molar-refractivity contribution in [3.63, 3.8) is 0 Å². The Morgan fingerprint density at radius 2 is 2.04 bits per heavy atom. The summed E-state index contributed by atoms with van der Waals surface area (Å²) in [5.41, 5.74) is 3.05. The van der Waals surface area contributed by atoms with E-state index in [0.29, 0.717) is 5.91 Å². The molecule has 1 saturated heterocycles. The van der Waals surface area contributed by atoms with E-state index in [-0.39, 0.29) is 29.4 Å². The Balaban J connectivity index is 0.00000261. The smallest absolute Gasteiger partial charge is 0.222 e. The molecule has 150 valence electrons. The van der Waals surface area contributed by atoms with Crippen molar-refractivity contribution in [2.45, 2.75) is 51.4 Å². The summed E-state index contributed by atoms with van der Waals surface area (Å²) in [4.78, 5) is 18.5. The van der Waals surface area contributed by atoms with Crippen LogP contribution in [0.2, 0.25) is 0 Å². The number of benzene rings is 1. The van der Waals surface area contributed by atoms with Crippen molar-refractivity contribution >= 4 is 35.8 Å². The molecule has 0 unspecified atom stereocenters. The summed E-state index contributed by atoms with van der Waals surface area (Å²) in [5.74, 6) is 1.19. The van der Waals surface area contributed by atoms with E-state index in [1.54, 1.807) is 0 Å². The van der Waals surface area contributed by atoms with E-state index >= 15 is 0 Å². The summed E-state index contributed by atoms with van der Waals surface area (Å²) in [6.07, 6.45) is 5.13. The minimum Gasteiger partial charge on any atom is -0.357 e. The van der Waals surface area contributed by atoms with Crippen LogP contribution in [0.5, 0.6) is 0 Å². The minimum atomic E-state index is 0. The average molecular weight is 484 g/mol. The number of rotatable bonds is 8. The normalized spacial score (nSPS) is 18.2. The molecule has 2 aliphatic rings. The second-order valence-electron chi connectivity index (χ2n) is 7.56. The zero-order chi connectivity index (χ0) is 18.4. The topological polar surface area (TPSA) is 56.7 Å². The SMILES string of the molecule is CCNC(=NCC1(c2ccccc2C)CC1)NCCCN1CCCC1=O.I. The third-order valence-electron chi connectivity index (χ3n) is 5.52. The number of hydrogen-bond acceptors (Lipinski definition) is 2. The van der Waals surface area contributed by atoms with Gasteiger partial charge in [0.05, 0.1) is 6.54 Å². The molecule has 1 heterocycles. The molecule has 1 aliphatic heterocycles. The van der Waals surface area contributed by atoms with Gasteiger partial charge in [-0.2, -0.15) is 0 Å². The Morgan fingerprint density at radius 1 is 1.26 bits per heavy atom. The van der Waals surface area contributed by atoms with Crippen molar-refractivity contribution in [1.29, 1.82) is 0 Å². The van der Waals surface area contributed by atoms with Crippen LogP contribution in [0.1, 0.15) is 50.2 Å². The summed E-state index contributed by atoms with van der Waals surface area (Å²) in [7, 11) is 0. The lowest BCUT2D eigenvalue weighted by Gasteiger charge is -2.18. The second-order valence-corrected chi connectivity index (χ2v) is 7.56. The molecule has 1 aromatic carbocycles. The van der Waals surface area contributed by atoms with Crippen molar-refractivity contribution in [2.24, 2.45) is 4.99 Å². The summed E-state index contributed by atoms with van der Waals surface area (Å²) in [5, 5.41) is 6.77. The number of aryl methyl sites for hydroxylation is 1. The highest BCUT2D eigenvalue weighted by molar-refractivity contribution is 14.0. The van der Waals surface area contributed by atoms with Crippen LogP contribution in [0.3, 0.4) is 0 Å². The molecule has 6 heteroatoms. The Morgan fingerprint density at radius 3 is 2.67 bits per heavy atom. The van der Waals surface area contributed by atoms with Crippen molar-refractivity contribution in [3.05, 3.63) is 35.4 Å². The Bertz CT molecular complexity index is 657. The number of nitrogens with zero attached hydrogens (tertiary/aromatic N) is 2. The first kappa shape index (κ1) is 22.0. The third kappa shape index (κ3) is 5.83. The van der Waals surface area contributed by atoms with Crippen LogP contribution in [0.4, 0.5) is 0 Å². The monoisotopic (exact) mass is 484 g/mol. The van der Waals surface area contributed by atoms with Gasteiger partial charge in [0, 0.05) is 38.0 Å². The number of guanidine groups is 1. The van der Waals surface area contributed by atoms with Gasteiger partial charge in [-0.05, 0) is 50.7 Å². The number of nitrogens with one attached hydrogen (secondary N) is 2. The number of aliphatic imine (C=N–C) groups is 1. The molecule has 0 radical (unpaired) electrons. The van der Waals surface area contributed by atoms with Crippen molar-refractivity contribution < 1.29 is 4.79 Å². The molecule has 0 aromatic heterocycles. The van der Waals surface area contributed by atoms with E-state index in [2.05, 4.69) is 48.7 Å². The highest BCUT2D eigenvalue weighted by atomic mass is 127. The molecule has 1 saturated carbocycles. The summed E-state index contributed by atoms with van der Waals surface area (Å²) < 4.78 is 0. The van der Waals surface area contributed by atoms with Gasteiger partial charge in [-0.15, -0.1) is 24.0 Å². The van der Waals surface area contributed by atoms with Gasteiger partial charge >= 0.3 is 0 Å². The molecule has 3 rings (SSSR count). The fourth-order valence-electron chi connectivity index (χ4n) is 3.82. The van der Waals surface area contributed by atoms with Gasteiger partial charge in [-0.25, -0.2) is 0 Å². The van der Waals surface area contributed by atoms with E-state index in [9.17, 15) is 4.79 Å². The molecule has 5 nitrogen and oxygen atoms in total. The number of carbonyl (C=O) groups is 1. The number of hydrogen-bond donors (Lipinski definition) is 2. The van der Waals surface area contributed by atoms with Gasteiger partial charge in [0.15, 0.2) is 5.96 Å². The van der Waals surface area contributed by atoms with Gasteiger partial charge in [0.1, 0.15) is 0 Å². The number of likely N-dealkylation sites (tertiary alicyclic amines) is 1. The van der Waals surface area contributed by atoms with E-state index in [0.717, 1.165) is 57.9 Å². The highest BCUT2D eigenvalue weighted by Gasteiger charge is 2.44. The lowest BCUT2D eigenvalue weighted by atomic mass is 9.92. The number of halogens is 1. The zero-order valence-electron chi connectivity index (χ0n) is 16.6. The molecule has 27 heavy (non-hydrogen) atoms. The molecule has 0 spiro atoms. The lowest BCUT2D eigenvalue weighted by Crippen LogP contribution is -2.39. The van der Waals surface area contributed by atoms with Gasteiger partial charge < -0.3 is 15.5 Å². The zero-order valence-corrected chi connectivity index (χ0v) is 18.9. The van der Waals surface area contributed by atoms with Crippen LogP contribution in [0, 0.1) is 6.92 Å². The van der Waals surface area contributed by atoms with Crippen LogP contribution in [0.15, 0.2) is 29.3 Å². The van der Waals surface area contributed by atoms with Crippen LogP contribution in [-0.4, -0.2) is 49.5 Å². The van der Waals surface area contributed by atoms with Gasteiger partial charge in [-0.1, -0.05) is 24.3 Å². The molecule has 0 bridgehead atoms. The van der Waals surface area contributed by atoms with Crippen molar-refractivity contribution in [1.82, 2.24) is 15.5 Å². The molecule has 1 aromatic rings. The fourth-order valence-corrected chi connectivity index (χ4v) is 3.82. The predicted octanol–water partition coefficient (Wildman–Crippen LogP) is 3.21. The first-order valence-electron chi connectivity index (χ1n) is 10.0. The number of amides is 1. The lowest BCUT2D eigenvalue weighted by molar-refractivity contribution is -0.127. The van der Waals surface area contributed by atoms with Crippen LogP contribution >= 0.6 is 24.0 Å². The highest BCUT2D eigenvalue weighted by Crippen LogP contribution is 2.49. The molecule has 2 fully saturated rings. The maximum Gasteiger partial charge on any atom is 0.222 e. The van der Waals surface area contributed by atoms with E-state index in [1.807, 2.05) is 4.90 Å². The van der Waals surface area contributed by atoms with Gasteiger partial charge in [-0.3, -0.25) is 9.79 Å². The molecule has 2 N–H and O–H groups in total. The molecule has 1 amide bonds. The largest absolute Gasteiger partial charge is 0.357 e. The predicted molar refractivity (Wildman–Crippen MR) is 122 cm³/mol. The van der Waals surface area contributed by atoms with E-state index in [4.69, 9.17) is 4.99 Å². The van der Waals surface area contributed by atoms with E-state index < -0.39 is 0 Å². The minimum absolute atomic E-state index is 0.